The SMILES string of the molecule is Cc1cc(C(N)=S)ccc1COCCCc1ccccc1. The van der Waals surface area contributed by atoms with Crippen molar-refractivity contribution in [2.45, 2.75) is 26.4 Å². The molecule has 0 unspecified atom stereocenters. The van der Waals surface area contributed by atoms with Gasteiger partial charge >= 0.3 is 0 Å². The third-order valence-electron chi connectivity index (χ3n) is 3.48. The zero-order valence-corrected chi connectivity index (χ0v) is 13.2. The van der Waals surface area contributed by atoms with Crippen LogP contribution in [0.4, 0.5) is 0 Å². The monoisotopic (exact) mass is 299 g/mol. The molecule has 0 aliphatic carbocycles. The number of rotatable bonds is 7. The summed E-state index contributed by atoms with van der Waals surface area (Å²) in [5, 5.41) is 0. The molecule has 0 heterocycles. The van der Waals surface area contributed by atoms with Crippen LogP contribution in [-0.2, 0) is 17.8 Å². The molecule has 0 amide bonds. The van der Waals surface area contributed by atoms with Crippen LogP contribution < -0.4 is 5.73 Å². The minimum absolute atomic E-state index is 0.438. The number of ether oxygens (including phenoxy) is 1. The Kier molecular flexibility index (Phi) is 5.90. The highest BCUT2D eigenvalue weighted by atomic mass is 32.1. The number of aryl methyl sites for hydroxylation is 2. The summed E-state index contributed by atoms with van der Waals surface area (Å²) in [5.41, 5.74) is 10.3. The number of hydrogen-bond donors (Lipinski definition) is 1. The van der Waals surface area contributed by atoms with Gasteiger partial charge in [0, 0.05) is 12.2 Å². The van der Waals surface area contributed by atoms with Crippen molar-refractivity contribution in [2.75, 3.05) is 6.61 Å². The first-order valence-corrected chi connectivity index (χ1v) is 7.58. The Morgan fingerprint density at radius 1 is 1.14 bits per heavy atom. The lowest BCUT2D eigenvalue weighted by Crippen LogP contribution is -2.10. The van der Waals surface area contributed by atoms with Crippen LogP contribution in [0, 0.1) is 6.92 Å². The van der Waals surface area contributed by atoms with Crippen LogP contribution in [-0.4, -0.2) is 11.6 Å². The van der Waals surface area contributed by atoms with Gasteiger partial charge in [-0.05, 0) is 42.5 Å². The standard InChI is InChI=1S/C18H21NOS/c1-14-12-16(18(19)21)9-10-17(14)13-20-11-5-8-15-6-3-2-4-7-15/h2-4,6-7,9-10,12H,5,8,11,13H2,1H3,(H2,19,21). The Balaban J connectivity index is 1.75. The molecule has 2 N–H and O–H groups in total. The van der Waals surface area contributed by atoms with E-state index in [1.165, 1.54) is 16.7 Å². The molecule has 2 nitrogen and oxygen atoms in total. The Morgan fingerprint density at radius 3 is 2.57 bits per heavy atom. The van der Waals surface area contributed by atoms with E-state index in [1.54, 1.807) is 0 Å². The Hall–Kier alpha value is -1.71. The molecule has 0 bridgehead atoms. The molecule has 21 heavy (non-hydrogen) atoms. The average molecular weight is 299 g/mol. The molecule has 2 aromatic carbocycles. The second-order valence-corrected chi connectivity index (χ2v) is 5.59. The van der Waals surface area contributed by atoms with E-state index in [0.29, 0.717) is 11.6 Å². The first-order chi connectivity index (χ1) is 10.2. The Morgan fingerprint density at radius 2 is 1.90 bits per heavy atom. The van der Waals surface area contributed by atoms with Crippen molar-refractivity contribution < 1.29 is 4.74 Å². The molecular weight excluding hydrogens is 278 g/mol. The Bertz CT molecular complexity index is 595. The summed E-state index contributed by atoms with van der Waals surface area (Å²) in [5.74, 6) is 0. The maximum atomic E-state index is 5.76. The molecule has 0 aliphatic heterocycles. The van der Waals surface area contributed by atoms with Crippen LogP contribution in [0.3, 0.4) is 0 Å². The zero-order valence-electron chi connectivity index (χ0n) is 12.3. The number of benzene rings is 2. The van der Waals surface area contributed by atoms with Crippen LogP contribution in [0.5, 0.6) is 0 Å². The van der Waals surface area contributed by atoms with Gasteiger partial charge in [-0.15, -0.1) is 0 Å². The molecule has 0 radical (unpaired) electrons. The van der Waals surface area contributed by atoms with Crippen molar-refractivity contribution in [2.24, 2.45) is 5.73 Å². The first kappa shape index (κ1) is 15.7. The van der Waals surface area contributed by atoms with E-state index in [1.807, 2.05) is 24.3 Å². The molecule has 3 heteroatoms. The lowest BCUT2D eigenvalue weighted by atomic mass is 10.1. The number of hydrogen-bond acceptors (Lipinski definition) is 2. The summed E-state index contributed by atoms with van der Waals surface area (Å²) >= 11 is 4.98. The van der Waals surface area contributed by atoms with Gasteiger partial charge in [0.1, 0.15) is 4.99 Å². The second-order valence-electron chi connectivity index (χ2n) is 5.15. The molecule has 2 rings (SSSR count). The zero-order chi connectivity index (χ0) is 15.1. The smallest absolute Gasteiger partial charge is 0.103 e. The van der Waals surface area contributed by atoms with Crippen LogP contribution in [0.1, 0.15) is 28.7 Å². The maximum absolute atomic E-state index is 5.76. The van der Waals surface area contributed by atoms with Crippen LogP contribution in [0.25, 0.3) is 0 Å². The van der Waals surface area contributed by atoms with Gasteiger partial charge in [0.25, 0.3) is 0 Å². The van der Waals surface area contributed by atoms with E-state index in [4.69, 9.17) is 22.7 Å². The van der Waals surface area contributed by atoms with E-state index in [9.17, 15) is 0 Å². The van der Waals surface area contributed by atoms with Crippen LogP contribution >= 0.6 is 12.2 Å². The number of thiocarbonyl (C=S) groups is 1. The average Bonchev–Trinajstić information content (AvgIpc) is 2.49. The molecular formula is C18H21NOS. The lowest BCUT2D eigenvalue weighted by molar-refractivity contribution is 0.118. The summed E-state index contributed by atoms with van der Waals surface area (Å²) in [6, 6.07) is 16.5. The van der Waals surface area contributed by atoms with E-state index in [2.05, 4.69) is 31.2 Å². The highest BCUT2D eigenvalue weighted by Crippen LogP contribution is 2.13. The molecule has 0 aromatic heterocycles. The second kappa shape index (κ2) is 7.91. The first-order valence-electron chi connectivity index (χ1n) is 7.18. The van der Waals surface area contributed by atoms with Gasteiger partial charge in [-0.2, -0.15) is 0 Å². The maximum Gasteiger partial charge on any atom is 0.103 e. The van der Waals surface area contributed by atoms with Gasteiger partial charge in [0.05, 0.1) is 6.61 Å². The predicted molar refractivity (Wildman–Crippen MR) is 91.5 cm³/mol. The van der Waals surface area contributed by atoms with Crippen molar-refractivity contribution in [3.63, 3.8) is 0 Å². The summed E-state index contributed by atoms with van der Waals surface area (Å²) in [6.45, 7) is 3.47. The predicted octanol–water partition coefficient (Wildman–Crippen LogP) is 3.78. The van der Waals surface area contributed by atoms with Crippen molar-refractivity contribution in [1.29, 1.82) is 0 Å². The summed E-state index contributed by atoms with van der Waals surface area (Å²) in [6.07, 6.45) is 2.09. The van der Waals surface area contributed by atoms with Crippen molar-refractivity contribution in [3.8, 4) is 0 Å². The molecule has 0 saturated carbocycles. The molecule has 0 saturated heterocycles. The largest absolute Gasteiger partial charge is 0.389 e. The molecule has 0 spiro atoms. The van der Waals surface area contributed by atoms with Crippen LogP contribution in [0.2, 0.25) is 0 Å². The van der Waals surface area contributed by atoms with Crippen molar-refractivity contribution >= 4 is 17.2 Å². The third-order valence-corrected chi connectivity index (χ3v) is 3.72. The van der Waals surface area contributed by atoms with Gasteiger partial charge in [-0.3, -0.25) is 0 Å². The molecule has 2 aromatic rings. The Labute approximate surface area is 131 Å². The number of nitrogens with two attached hydrogens (primary N) is 1. The molecule has 0 fully saturated rings. The third kappa shape index (κ3) is 4.96. The van der Waals surface area contributed by atoms with Gasteiger partial charge in [-0.1, -0.05) is 54.7 Å². The van der Waals surface area contributed by atoms with Gasteiger partial charge in [0.15, 0.2) is 0 Å². The molecule has 0 aliphatic rings. The van der Waals surface area contributed by atoms with Gasteiger partial charge in [-0.25, -0.2) is 0 Å². The highest BCUT2D eigenvalue weighted by molar-refractivity contribution is 7.80. The van der Waals surface area contributed by atoms with Crippen LogP contribution in [0.15, 0.2) is 48.5 Å². The quantitative estimate of drug-likeness (QED) is 0.624. The van der Waals surface area contributed by atoms with E-state index < -0.39 is 0 Å². The van der Waals surface area contributed by atoms with Crippen molar-refractivity contribution in [3.05, 3.63) is 70.8 Å². The molecule has 0 atom stereocenters. The van der Waals surface area contributed by atoms with Crippen molar-refractivity contribution in [1.82, 2.24) is 0 Å². The van der Waals surface area contributed by atoms with E-state index >= 15 is 0 Å². The van der Waals surface area contributed by atoms with Gasteiger partial charge in [0.2, 0.25) is 0 Å². The summed E-state index contributed by atoms with van der Waals surface area (Å²) < 4.78 is 5.76. The normalized spacial score (nSPS) is 10.5. The van der Waals surface area contributed by atoms with E-state index in [0.717, 1.165) is 25.0 Å². The topological polar surface area (TPSA) is 35.2 Å². The van der Waals surface area contributed by atoms with E-state index in [-0.39, 0.29) is 0 Å². The fourth-order valence-electron chi connectivity index (χ4n) is 2.22. The fraction of sp³-hybridized carbons (Fsp3) is 0.278. The summed E-state index contributed by atoms with van der Waals surface area (Å²) in [7, 11) is 0. The fourth-order valence-corrected chi connectivity index (χ4v) is 2.34. The summed E-state index contributed by atoms with van der Waals surface area (Å²) in [4.78, 5) is 0.438. The lowest BCUT2D eigenvalue weighted by Gasteiger charge is -2.09. The van der Waals surface area contributed by atoms with Gasteiger partial charge < -0.3 is 10.5 Å². The minimum atomic E-state index is 0.438. The highest BCUT2D eigenvalue weighted by Gasteiger charge is 2.02. The molecule has 110 valence electrons. The minimum Gasteiger partial charge on any atom is -0.389 e.